The van der Waals surface area contributed by atoms with Gasteiger partial charge >= 0.3 is 10.2 Å². The van der Waals surface area contributed by atoms with E-state index in [1.54, 1.807) is 12.1 Å². The third kappa shape index (κ3) is 7.59. The zero-order valence-electron chi connectivity index (χ0n) is 27.4. The molecule has 2 saturated heterocycles. The van der Waals surface area contributed by atoms with E-state index < -0.39 is 22.2 Å². The molecule has 1 aromatic heterocycles. The van der Waals surface area contributed by atoms with E-state index in [0.717, 1.165) is 50.5 Å². The standard InChI is InChI=1S/C35H49FN4O6S/c1-23(22-36)25-8-10-27(11-9-25)35(43)40-14-13-29(26-5-3-2-4-6-26)33(40)32(41)20-24-7-12-30-28(19-24)21-31(37-30)34(42)38-47(44,45)39-15-17-46-18-16-39/h7,12,19,21,23,25-27,29,33,37H,2-6,8-11,13-18,20,22H2,1H3,(H,38,42)/t23-,25?,27?,29?,33+/m1/s1. The monoisotopic (exact) mass is 672 g/mol. The Hall–Kier alpha value is -2.83. The Balaban J connectivity index is 1.16. The molecule has 6 rings (SSSR count). The van der Waals surface area contributed by atoms with Crippen molar-refractivity contribution in [2.75, 3.05) is 39.5 Å². The Morgan fingerprint density at radius 1 is 0.979 bits per heavy atom. The predicted octanol–water partition coefficient (Wildman–Crippen LogP) is 4.80. The number of ketones is 1. The van der Waals surface area contributed by atoms with Gasteiger partial charge in [0.1, 0.15) is 5.69 Å². The maximum atomic E-state index is 14.2. The van der Waals surface area contributed by atoms with Crippen molar-refractivity contribution in [2.24, 2.45) is 29.6 Å². The maximum absolute atomic E-state index is 14.2. The molecule has 1 aromatic carbocycles. The minimum atomic E-state index is -4.00. The Morgan fingerprint density at radius 2 is 1.70 bits per heavy atom. The zero-order valence-corrected chi connectivity index (χ0v) is 28.2. The fourth-order valence-corrected chi connectivity index (χ4v) is 9.67. The van der Waals surface area contributed by atoms with E-state index in [2.05, 4.69) is 9.71 Å². The Labute approximate surface area is 277 Å². The van der Waals surface area contributed by atoms with Crippen LogP contribution in [0.1, 0.15) is 87.2 Å². The molecule has 2 aliphatic carbocycles. The first-order chi connectivity index (χ1) is 22.6. The SMILES string of the molecule is C[C@H](CF)C1CCC(C(=O)N2CCC(C3CCCCC3)[C@H]2C(=O)Cc2ccc3[nH]c(C(=O)NS(=O)(=O)N4CCOCC4)cc3c2)CC1. The molecule has 0 spiro atoms. The molecule has 0 bridgehead atoms. The van der Waals surface area contributed by atoms with Crippen molar-refractivity contribution < 1.29 is 31.9 Å². The molecule has 47 heavy (non-hydrogen) atoms. The van der Waals surface area contributed by atoms with Gasteiger partial charge in [-0.2, -0.15) is 12.7 Å². The summed E-state index contributed by atoms with van der Waals surface area (Å²) in [6.45, 7) is 3.15. The van der Waals surface area contributed by atoms with Gasteiger partial charge in [-0.3, -0.25) is 18.8 Å². The number of morpholine rings is 1. The Morgan fingerprint density at radius 3 is 2.40 bits per heavy atom. The van der Waals surface area contributed by atoms with Gasteiger partial charge in [-0.25, -0.2) is 4.72 Å². The lowest BCUT2D eigenvalue weighted by Crippen LogP contribution is -2.48. The van der Waals surface area contributed by atoms with Crippen LogP contribution < -0.4 is 4.72 Å². The van der Waals surface area contributed by atoms with Crippen LogP contribution in [0.15, 0.2) is 24.3 Å². The van der Waals surface area contributed by atoms with Crippen molar-refractivity contribution in [2.45, 2.75) is 83.6 Å². The number of carbonyl (C=O) groups is 3. The topological polar surface area (TPSA) is 129 Å². The Kier molecular flexibility index (Phi) is 10.7. The highest BCUT2D eigenvalue weighted by Gasteiger charge is 2.46. The number of aromatic nitrogens is 1. The molecule has 3 atom stereocenters. The Bertz CT molecular complexity index is 1540. The van der Waals surface area contributed by atoms with Gasteiger partial charge in [0.15, 0.2) is 5.78 Å². The molecule has 12 heteroatoms. The number of alkyl halides is 1. The number of benzene rings is 1. The number of aromatic amines is 1. The molecule has 0 radical (unpaired) electrons. The van der Waals surface area contributed by atoms with Crippen LogP contribution in [0.2, 0.25) is 0 Å². The van der Waals surface area contributed by atoms with E-state index in [-0.39, 0.29) is 74.5 Å². The van der Waals surface area contributed by atoms with E-state index in [0.29, 0.717) is 29.3 Å². The van der Waals surface area contributed by atoms with Gasteiger partial charge < -0.3 is 14.6 Å². The van der Waals surface area contributed by atoms with Gasteiger partial charge in [-0.05, 0) is 79.5 Å². The summed E-state index contributed by atoms with van der Waals surface area (Å²) in [6.07, 6.45) is 10.0. The lowest BCUT2D eigenvalue weighted by atomic mass is 9.74. The van der Waals surface area contributed by atoms with Gasteiger partial charge in [-0.1, -0.05) is 45.1 Å². The zero-order chi connectivity index (χ0) is 33.1. The summed E-state index contributed by atoms with van der Waals surface area (Å²) in [7, 11) is -4.00. The quantitative estimate of drug-likeness (QED) is 0.374. The molecule has 4 aliphatic rings. The minimum absolute atomic E-state index is 0.0220. The van der Waals surface area contributed by atoms with Crippen molar-refractivity contribution in [3.63, 3.8) is 0 Å². The van der Waals surface area contributed by atoms with Crippen LogP contribution in [0.4, 0.5) is 4.39 Å². The molecule has 2 saturated carbocycles. The summed E-state index contributed by atoms with van der Waals surface area (Å²) in [5.74, 6) is 0.230. The molecule has 1 unspecified atom stereocenters. The van der Waals surface area contributed by atoms with Gasteiger partial charge in [0.2, 0.25) is 5.91 Å². The second-order valence-corrected chi connectivity index (χ2v) is 15.9. The first-order valence-corrected chi connectivity index (χ1v) is 19.0. The number of Topliss-reactive ketones (excluding diaryl/α,β-unsaturated/α-hetero) is 1. The predicted molar refractivity (Wildman–Crippen MR) is 177 cm³/mol. The minimum Gasteiger partial charge on any atom is -0.379 e. The molecule has 10 nitrogen and oxygen atoms in total. The number of amides is 2. The summed E-state index contributed by atoms with van der Waals surface area (Å²) in [5, 5.41) is 0.701. The third-order valence-electron chi connectivity index (χ3n) is 11.3. The molecule has 2 aromatic rings. The summed E-state index contributed by atoms with van der Waals surface area (Å²) in [6, 6.07) is 6.68. The van der Waals surface area contributed by atoms with Crippen LogP contribution in [-0.2, 0) is 31.0 Å². The highest BCUT2D eigenvalue weighted by molar-refractivity contribution is 7.87. The summed E-state index contributed by atoms with van der Waals surface area (Å²) >= 11 is 0. The second-order valence-electron chi connectivity index (χ2n) is 14.3. The smallest absolute Gasteiger partial charge is 0.304 e. The van der Waals surface area contributed by atoms with Gasteiger partial charge in [0.25, 0.3) is 5.91 Å². The van der Waals surface area contributed by atoms with E-state index in [4.69, 9.17) is 4.74 Å². The van der Waals surface area contributed by atoms with E-state index >= 15 is 0 Å². The number of hydrogen-bond acceptors (Lipinski definition) is 6. The number of halogens is 1. The lowest BCUT2D eigenvalue weighted by molar-refractivity contribution is -0.143. The average molecular weight is 673 g/mol. The highest BCUT2D eigenvalue weighted by Crippen LogP contribution is 2.42. The molecular formula is C35H49FN4O6S. The van der Waals surface area contributed by atoms with Crippen LogP contribution >= 0.6 is 0 Å². The summed E-state index contributed by atoms with van der Waals surface area (Å²) in [4.78, 5) is 46.0. The number of H-pyrrole nitrogens is 1. The van der Waals surface area contributed by atoms with Crippen LogP contribution in [0.3, 0.4) is 0 Å². The maximum Gasteiger partial charge on any atom is 0.304 e. The number of hydrogen-bond donors (Lipinski definition) is 2. The fraction of sp³-hybridized carbons (Fsp3) is 0.686. The second kappa shape index (κ2) is 14.7. The molecular weight excluding hydrogens is 623 g/mol. The molecule has 2 aliphatic heterocycles. The summed E-state index contributed by atoms with van der Waals surface area (Å²) < 4.78 is 47.2. The van der Waals surface area contributed by atoms with Gasteiger partial charge in [0.05, 0.1) is 25.9 Å². The fourth-order valence-electron chi connectivity index (χ4n) is 8.57. The largest absolute Gasteiger partial charge is 0.379 e. The van der Waals surface area contributed by atoms with Gasteiger partial charge in [0, 0.05) is 42.9 Å². The van der Waals surface area contributed by atoms with Crippen LogP contribution in [-0.4, -0.2) is 85.8 Å². The van der Waals surface area contributed by atoms with E-state index in [9.17, 15) is 27.2 Å². The van der Waals surface area contributed by atoms with Crippen molar-refractivity contribution in [3.8, 4) is 0 Å². The molecule has 2 N–H and O–H groups in total. The lowest BCUT2D eigenvalue weighted by Gasteiger charge is -2.37. The molecule has 4 fully saturated rings. The third-order valence-corrected chi connectivity index (χ3v) is 12.8. The molecule has 3 heterocycles. The normalized spacial score (nSPS) is 27.1. The first kappa shape index (κ1) is 34.0. The van der Waals surface area contributed by atoms with E-state index in [1.807, 2.05) is 24.0 Å². The van der Waals surface area contributed by atoms with Crippen LogP contribution in [0.25, 0.3) is 10.9 Å². The molecule has 258 valence electrons. The van der Waals surface area contributed by atoms with Crippen molar-refractivity contribution in [1.29, 1.82) is 0 Å². The number of rotatable bonds is 10. The van der Waals surface area contributed by atoms with Crippen molar-refractivity contribution in [1.82, 2.24) is 18.9 Å². The average Bonchev–Trinajstić information content (AvgIpc) is 3.73. The van der Waals surface area contributed by atoms with E-state index in [1.165, 1.54) is 23.6 Å². The number of likely N-dealkylation sites (tertiary alicyclic amines) is 1. The highest BCUT2D eigenvalue weighted by atomic mass is 32.2. The number of nitrogens with zero attached hydrogens (tertiary/aromatic N) is 2. The van der Waals surface area contributed by atoms with Crippen molar-refractivity contribution >= 4 is 38.7 Å². The van der Waals surface area contributed by atoms with Crippen molar-refractivity contribution in [3.05, 3.63) is 35.5 Å². The summed E-state index contributed by atoms with van der Waals surface area (Å²) in [5.41, 5.74) is 1.56. The van der Waals surface area contributed by atoms with Crippen LogP contribution in [0.5, 0.6) is 0 Å². The number of ether oxygens (including phenoxy) is 1. The van der Waals surface area contributed by atoms with Gasteiger partial charge in [-0.15, -0.1) is 0 Å². The first-order valence-electron chi connectivity index (χ1n) is 17.6. The van der Waals surface area contributed by atoms with Crippen LogP contribution in [0, 0.1) is 29.6 Å². The molecule has 2 amide bonds. The number of nitrogens with one attached hydrogen (secondary N) is 2. The number of fused-ring (bicyclic) bond motifs is 1. The number of carbonyl (C=O) groups excluding carboxylic acids is 3.